The van der Waals surface area contributed by atoms with Crippen molar-refractivity contribution >= 4 is 0 Å². The average Bonchev–Trinajstić information content (AvgIpc) is 2.36. The molecular formula is C7H14O3. The fraction of sp³-hybridized carbons (Fsp3) is 1.00. The summed E-state index contributed by atoms with van der Waals surface area (Å²) >= 11 is 0. The molecule has 1 aliphatic rings. The van der Waals surface area contributed by atoms with Crippen LogP contribution in [0.15, 0.2) is 0 Å². The van der Waals surface area contributed by atoms with Gasteiger partial charge in [-0.25, -0.2) is 0 Å². The van der Waals surface area contributed by atoms with Crippen LogP contribution in [0.1, 0.15) is 6.42 Å². The Morgan fingerprint density at radius 2 is 2.30 bits per heavy atom. The van der Waals surface area contributed by atoms with E-state index in [4.69, 9.17) is 14.2 Å². The molecule has 1 fully saturated rings. The third kappa shape index (κ3) is 1.68. The average molecular weight is 146 g/mol. The van der Waals surface area contributed by atoms with Gasteiger partial charge in [0.25, 0.3) is 0 Å². The molecule has 0 aromatic heterocycles. The Bertz CT molecular complexity index is 94.9. The van der Waals surface area contributed by atoms with E-state index in [1.807, 2.05) is 0 Å². The molecule has 1 saturated heterocycles. The molecule has 0 aromatic carbocycles. The number of methoxy groups -OCH3 is 2. The van der Waals surface area contributed by atoms with Crippen LogP contribution in [-0.2, 0) is 14.2 Å². The van der Waals surface area contributed by atoms with Gasteiger partial charge >= 0.3 is 0 Å². The third-order valence-corrected chi connectivity index (χ3v) is 1.78. The van der Waals surface area contributed by atoms with Crippen LogP contribution in [0, 0.1) is 0 Å². The second kappa shape index (κ2) is 3.91. The van der Waals surface area contributed by atoms with Crippen molar-refractivity contribution in [1.82, 2.24) is 0 Å². The molecule has 0 radical (unpaired) electrons. The topological polar surface area (TPSA) is 27.7 Å². The van der Waals surface area contributed by atoms with Gasteiger partial charge in [-0.1, -0.05) is 0 Å². The third-order valence-electron chi connectivity index (χ3n) is 1.78. The van der Waals surface area contributed by atoms with E-state index in [1.165, 1.54) is 0 Å². The molecule has 1 heterocycles. The van der Waals surface area contributed by atoms with Gasteiger partial charge in [-0.15, -0.1) is 0 Å². The Morgan fingerprint density at radius 1 is 1.50 bits per heavy atom. The van der Waals surface area contributed by atoms with Crippen molar-refractivity contribution < 1.29 is 14.2 Å². The predicted molar refractivity (Wildman–Crippen MR) is 37.0 cm³/mol. The summed E-state index contributed by atoms with van der Waals surface area (Å²) in [6.45, 7) is 1.44. The highest BCUT2D eigenvalue weighted by atomic mass is 16.6. The molecule has 0 aromatic rings. The Kier molecular flexibility index (Phi) is 3.12. The van der Waals surface area contributed by atoms with Gasteiger partial charge in [0.15, 0.2) is 0 Å². The molecular weight excluding hydrogens is 132 g/mol. The fourth-order valence-electron chi connectivity index (χ4n) is 1.22. The quantitative estimate of drug-likeness (QED) is 0.578. The molecule has 10 heavy (non-hydrogen) atoms. The standard InChI is InChI=1S/C7H14O3/c1-8-5-7-6(9-2)3-4-10-7/h6-7H,3-5H2,1-2H3/t6?,7-/m0/s1. The van der Waals surface area contributed by atoms with E-state index in [-0.39, 0.29) is 12.2 Å². The summed E-state index contributed by atoms with van der Waals surface area (Å²) in [5.74, 6) is 0. The first-order valence-electron chi connectivity index (χ1n) is 3.52. The van der Waals surface area contributed by atoms with Crippen LogP contribution in [-0.4, -0.2) is 39.6 Å². The Labute approximate surface area is 61.3 Å². The van der Waals surface area contributed by atoms with E-state index >= 15 is 0 Å². The predicted octanol–water partition coefficient (Wildman–Crippen LogP) is 0.437. The van der Waals surface area contributed by atoms with Gasteiger partial charge in [-0.2, -0.15) is 0 Å². The Morgan fingerprint density at radius 3 is 2.90 bits per heavy atom. The van der Waals surface area contributed by atoms with Gasteiger partial charge in [0.05, 0.1) is 12.7 Å². The molecule has 2 atom stereocenters. The minimum Gasteiger partial charge on any atom is -0.382 e. The number of ether oxygens (including phenoxy) is 3. The molecule has 3 heteroatoms. The molecule has 0 saturated carbocycles. The molecule has 60 valence electrons. The summed E-state index contributed by atoms with van der Waals surface area (Å²) in [5, 5.41) is 0. The molecule has 3 nitrogen and oxygen atoms in total. The molecule has 0 bridgehead atoms. The summed E-state index contributed by atoms with van der Waals surface area (Å²) in [6, 6.07) is 0. The van der Waals surface area contributed by atoms with Crippen LogP contribution in [0.5, 0.6) is 0 Å². The van der Waals surface area contributed by atoms with Gasteiger partial charge in [0.2, 0.25) is 0 Å². The van der Waals surface area contributed by atoms with Gasteiger partial charge in [-0.3, -0.25) is 0 Å². The summed E-state index contributed by atoms with van der Waals surface area (Å²) in [4.78, 5) is 0. The zero-order chi connectivity index (χ0) is 7.40. The van der Waals surface area contributed by atoms with E-state index < -0.39 is 0 Å². The molecule has 0 amide bonds. The summed E-state index contributed by atoms with van der Waals surface area (Å²) in [6.07, 6.45) is 1.37. The minimum atomic E-state index is 0.148. The van der Waals surface area contributed by atoms with E-state index in [0.717, 1.165) is 13.0 Å². The summed E-state index contributed by atoms with van der Waals surface area (Å²) in [5.41, 5.74) is 0. The molecule has 1 unspecified atom stereocenters. The van der Waals surface area contributed by atoms with Crippen LogP contribution in [0.25, 0.3) is 0 Å². The normalized spacial score (nSPS) is 33.0. The fourth-order valence-corrected chi connectivity index (χ4v) is 1.22. The lowest BCUT2D eigenvalue weighted by Crippen LogP contribution is -2.27. The van der Waals surface area contributed by atoms with Gasteiger partial charge < -0.3 is 14.2 Å². The number of rotatable bonds is 3. The van der Waals surface area contributed by atoms with E-state index in [0.29, 0.717) is 6.61 Å². The highest BCUT2D eigenvalue weighted by molar-refractivity contribution is 4.75. The van der Waals surface area contributed by atoms with Crippen molar-refractivity contribution in [2.45, 2.75) is 18.6 Å². The van der Waals surface area contributed by atoms with Crippen molar-refractivity contribution in [2.24, 2.45) is 0 Å². The lowest BCUT2D eigenvalue weighted by atomic mass is 10.2. The first kappa shape index (κ1) is 7.98. The van der Waals surface area contributed by atoms with Crippen molar-refractivity contribution in [2.75, 3.05) is 27.4 Å². The molecule has 1 rings (SSSR count). The van der Waals surface area contributed by atoms with E-state index in [1.54, 1.807) is 14.2 Å². The maximum atomic E-state index is 5.35. The molecule has 0 N–H and O–H groups in total. The maximum Gasteiger partial charge on any atom is 0.107 e. The maximum absolute atomic E-state index is 5.35. The van der Waals surface area contributed by atoms with E-state index in [9.17, 15) is 0 Å². The Balaban J connectivity index is 2.27. The van der Waals surface area contributed by atoms with Crippen LogP contribution in [0.2, 0.25) is 0 Å². The van der Waals surface area contributed by atoms with Crippen LogP contribution >= 0.6 is 0 Å². The number of hydrogen-bond donors (Lipinski definition) is 0. The largest absolute Gasteiger partial charge is 0.382 e. The van der Waals surface area contributed by atoms with Gasteiger partial charge in [0, 0.05) is 20.8 Å². The first-order chi connectivity index (χ1) is 4.88. The lowest BCUT2D eigenvalue weighted by molar-refractivity contribution is -0.0259. The van der Waals surface area contributed by atoms with Crippen molar-refractivity contribution in [1.29, 1.82) is 0 Å². The summed E-state index contributed by atoms with van der Waals surface area (Å²) < 4.78 is 15.5. The van der Waals surface area contributed by atoms with E-state index in [2.05, 4.69) is 0 Å². The first-order valence-corrected chi connectivity index (χ1v) is 3.52. The molecule has 1 aliphatic heterocycles. The van der Waals surface area contributed by atoms with Crippen LogP contribution in [0.3, 0.4) is 0 Å². The SMILES string of the molecule is COC[C@@H]1OCCC1OC. The highest BCUT2D eigenvalue weighted by Crippen LogP contribution is 2.15. The molecule has 0 spiro atoms. The monoisotopic (exact) mass is 146 g/mol. The Hall–Kier alpha value is -0.120. The zero-order valence-corrected chi connectivity index (χ0v) is 6.50. The minimum absolute atomic E-state index is 0.148. The molecule has 0 aliphatic carbocycles. The number of hydrogen-bond acceptors (Lipinski definition) is 3. The van der Waals surface area contributed by atoms with Crippen molar-refractivity contribution in [3.8, 4) is 0 Å². The smallest absolute Gasteiger partial charge is 0.107 e. The van der Waals surface area contributed by atoms with Gasteiger partial charge in [-0.05, 0) is 6.42 Å². The lowest BCUT2D eigenvalue weighted by Gasteiger charge is -2.15. The second-order valence-corrected chi connectivity index (χ2v) is 2.43. The van der Waals surface area contributed by atoms with Gasteiger partial charge in [0.1, 0.15) is 6.10 Å². The zero-order valence-electron chi connectivity index (χ0n) is 6.50. The second-order valence-electron chi connectivity index (χ2n) is 2.43. The summed E-state index contributed by atoms with van der Waals surface area (Å²) in [7, 11) is 3.39. The highest BCUT2D eigenvalue weighted by Gasteiger charge is 2.27. The van der Waals surface area contributed by atoms with Crippen molar-refractivity contribution in [3.05, 3.63) is 0 Å². The van der Waals surface area contributed by atoms with Crippen LogP contribution in [0.4, 0.5) is 0 Å². The van der Waals surface area contributed by atoms with Crippen molar-refractivity contribution in [3.63, 3.8) is 0 Å². The van der Waals surface area contributed by atoms with Crippen LogP contribution < -0.4 is 0 Å².